The van der Waals surface area contributed by atoms with Crippen molar-refractivity contribution in [3.05, 3.63) is 0 Å². The molecule has 2 aliphatic rings. The summed E-state index contributed by atoms with van der Waals surface area (Å²) in [4.78, 5) is 2.81. The first-order valence-electron chi connectivity index (χ1n) is 8.78. The van der Waals surface area contributed by atoms with Gasteiger partial charge in [0, 0.05) is 12.1 Å². The van der Waals surface area contributed by atoms with Crippen LogP contribution < -0.4 is 5.32 Å². The zero-order valence-corrected chi connectivity index (χ0v) is 13.2. The summed E-state index contributed by atoms with van der Waals surface area (Å²) >= 11 is 0. The predicted octanol–water partition coefficient (Wildman–Crippen LogP) is 3.81. The maximum atomic E-state index is 3.59. The lowest BCUT2D eigenvalue weighted by Gasteiger charge is -2.31. The van der Waals surface area contributed by atoms with E-state index >= 15 is 0 Å². The van der Waals surface area contributed by atoms with Crippen LogP contribution in [0.25, 0.3) is 0 Å². The van der Waals surface area contributed by atoms with E-state index in [9.17, 15) is 0 Å². The second-order valence-electron chi connectivity index (χ2n) is 6.79. The molecule has 1 saturated carbocycles. The van der Waals surface area contributed by atoms with E-state index in [1.165, 1.54) is 77.4 Å². The van der Waals surface area contributed by atoms with Gasteiger partial charge in [0.2, 0.25) is 0 Å². The number of hydrogen-bond donors (Lipinski definition) is 1. The van der Waals surface area contributed by atoms with Gasteiger partial charge in [-0.1, -0.05) is 26.2 Å². The fourth-order valence-electron chi connectivity index (χ4n) is 4.04. The second kappa shape index (κ2) is 8.26. The average Bonchev–Trinajstić information content (AvgIpc) is 2.85. The molecule has 2 heteroatoms. The summed E-state index contributed by atoms with van der Waals surface area (Å²) in [6, 6.07) is 1.67. The number of nitrogens with zero attached hydrogens (tertiary/aromatic N) is 1. The lowest BCUT2D eigenvalue weighted by molar-refractivity contribution is 0.179. The topological polar surface area (TPSA) is 15.3 Å². The smallest absolute Gasteiger partial charge is 0.0124 e. The van der Waals surface area contributed by atoms with Gasteiger partial charge >= 0.3 is 0 Å². The Morgan fingerprint density at radius 3 is 2.84 bits per heavy atom. The monoisotopic (exact) mass is 266 g/mol. The van der Waals surface area contributed by atoms with Crippen molar-refractivity contribution in [1.29, 1.82) is 0 Å². The van der Waals surface area contributed by atoms with Crippen LogP contribution in [0.15, 0.2) is 0 Å². The van der Waals surface area contributed by atoms with Gasteiger partial charge in [0.15, 0.2) is 0 Å². The van der Waals surface area contributed by atoms with Crippen molar-refractivity contribution < 1.29 is 0 Å². The quantitative estimate of drug-likeness (QED) is 0.672. The van der Waals surface area contributed by atoms with Gasteiger partial charge < -0.3 is 10.2 Å². The predicted molar refractivity (Wildman–Crippen MR) is 83.5 cm³/mol. The van der Waals surface area contributed by atoms with E-state index in [1.54, 1.807) is 0 Å². The summed E-state index contributed by atoms with van der Waals surface area (Å²) in [6.07, 6.45) is 12.9. The minimum atomic E-state index is 0.709. The molecule has 0 aromatic heterocycles. The maximum Gasteiger partial charge on any atom is 0.0124 e. The highest BCUT2D eigenvalue weighted by Gasteiger charge is 2.34. The summed E-state index contributed by atoms with van der Waals surface area (Å²) in [7, 11) is 0. The summed E-state index contributed by atoms with van der Waals surface area (Å²) < 4.78 is 0. The Balaban J connectivity index is 1.56. The molecule has 0 spiro atoms. The van der Waals surface area contributed by atoms with Crippen LogP contribution in [-0.4, -0.2) is 36.6 Å². The molecule has 19 heavy (non-hydrogen) atoms. The summed E-state index contributed by atoms with van der Waals surface area (Å²) in [6.45, 7) is 8.51. The average molecular weight is 266 g/mol. The van der Waals surface area contributed by atoms with E-state index in [2.05, 4.69) is 24.1 Å². The Labute approximate surface area is 120 Å². The molecule has 0 bridgehead atoms. The maximum absolute atomic E-state index is 3.59. The van der Waals surface area contributed by atoms with Crippen molar-refractivity contribution in [2.45, 2.75) is 83.7 Å². The van der Waals surface area contributed by atoms with Gasteiger partial charge in [-0.05, 0) is 71.0 Å². The summed E-state index contributed by atoms with van der Waals surface area (Å²) in [5.74, 6) is 1.05. The van der Waals surface area contributed by atoms with Gasteiger partial charge in [0.1, 0.15) is 0 Å². The minimum absolute atomic E-state index is 0.709. The molecule has 1 aliphatic carbocycles. The molecule has 1 N–H and O–H groups in total. The third-order valence-corrected chi connectivity index (χ3v) is 5.20. The van der Waals surface area contributed by atoms with Gasteiger partial charge in [-0.3, -0.25) is 0 Å². The molecule has 112 valence electrons. The number of rotatable bonds is 8. The van der Waals surface area contributed by atoms with Gasteiger partial charge in [-0.15, -0.1) is 0 Å². The largest absolute Gasteiger partial charge is 0.314 e. The van der Waals surface area contributed by atoms with Crippen molar-refractivity contribution in [3.8, 4) is 0 Å². The Kier molecular flexibility index (Phi) is 6.66. The minimum Gasteiger partial charge on any atom is -0.314 e. The second-order valence-corrected chi connectivity index (χ2v) is 6.79. The molecule has 2 fully saturated rings. The van der Waals surface area contributed by atoms with Crippen LogP contribution in [0.1, 0.15) is 71.6 Å². The standard InChI is InChI=1S/C17H34N2/c1-3-12-18-15(2)8-6-7-13-19-14-11-16-9-4-5-10-17(16)19/h15-18H,3-14H2,1-2H3. The van der Waals surface area contributed by atoms with Crippen LogP contribution in [0, 0.1) is 5.92 Å². The van der Waals surface area contributed by atoms with Gasteiger partial charge in [-0.25, -0.2) is 0 Å². The van der Waals surface area contributed by atoms with E-state index in [-0.39, 0.29) is 0 Å². The number of unbranched alkanes of at least 4 members (excludes halogenated alkanes) is 1. The molecule has 1 heterocycles. The highest BCUT2D eigenvalue weighted by Crippen LogP contribution is 2.36. The first kappa shape index (κ1) is 15.3. The van der Waals surface area contributed by atoms with Crippen LogP contribution in [0.2, 0.25) is 0 Å². The molecule has 2 nitrogen and oxygen atoms in total. The first-order valence-corrected chi connectivity index (χ1v) is 8.78. The van der Waals surface area contributed by atoms with Gasteiger partial charge in [0.25, 0.3) is 0 Å². The Morgan fingerprint density at radius 2 is 2.00 bits per heavy atom. The van der Waals surface area contributed by atoms with Gasteiger partial charge in [-0.2, -0.15) is 0 Å². The van der Waals surface area contributed by atoms with Crippen molar-refractivity contribution >= 4 is 0 Å². The molecule has 0 radical (unpaired) electrons. The van der Waals surface area contributed by atoms with Crippen LogP contribution in [0.3, 0.4) is 0 Å². The normalized spacial score (nSPS) is 29.4. The highest BCUT2D eigenvalue weighted by molar-refractivity contribution is 4.89. The molecule has 0 aromatic carbocycles. The SMILES string of the molecule is CCCNC(C)CCCCN1CCC2CCCCC21. The fraction of sp³-hybridized carbons (Fsp3) is 1.00. The number of nitrogens with one attached hydrogen (secondary N) is 1. The Morgan fingerprint density at radius 1 is 1.16 bits per heavy atom. The van der Waals surface area contributed by atoms with E-state index in [4.69, 9.17) is 0 Å². The van der Waals surface area contributed by atoms with Crippen molar-refractivity contribution in [1.82, 2.24) is 10.2 Å². The molecule has 3 atom stereocenters. The van der Waals surface area contributed by atoms with Crippen molar-refractivity contribution in [2.24, 2.45) is 5.92 Å². The van der Waals surface area contributed by atoms with E-state index < -0.39 is 0 Å². The van der Waals surface area contributed by atoms with Crippen molar-refractivity contribution in [3.63, 3.8) is 0 Å². The van der Waals surface area contributed by atoms with Crippen LogP contribution in [-0.2, 0) is 0 Å². The van der Waals surface area contributed by atoms with E-state index in [1.807, 2.05) is 0 Å². The molecular formula is C17H34N2. The number of fused-ring (bicyclic) bond motifs is 1. The Bertz CT molecular complexity index is 241. The number of likely N-dealkylation sites (tertiary alicyclic amines) is 1. The molecule has 3 unspecified atom stereocenters. The summed E-state index contributed by atoms with van der Waals surface area (Å²) in [5, 5.41) is 3.59. The molecule has 0 aromatic rings. The van der Waals surface area contributed by atoms with Gasteiger partial charge in [0.05, 0.1) is 0 Å². The van der Waals surface area contributed by atoms with Crippen LogP contribution in [0.4, 0.5) is 0 Å². The molecule has 1 aliphatic heterocycles. The Hall–Kier alpha value is -0.0800. The lowest BCUT2D eigenvalue weighted by atomic mass is 9.85. The van der Waals surface area contributed by atoms with Crippen molar-refractivity contribution in [2.75, 3.05) is 19.6 Å². The first-order chi connectivity index (χ1) is 9.31. The molecule has 2 rings (SSSR count). The lowest BCUT2D eigenvalue weighted by Crippen LogP contribution is -2.35. The molecule has 0 amide bonds. The zero-order chi connectivity index (χ0) is 13.5. The molecular weight excluding hydrogens is 232 g/mol. The molecule has 1 saturated heterocycles. The van der Waals surface area contributed by atoms with Crippen LogP contribution in [0.5, 0.6) is 0 Å². The third kappa shape index (κ3) is 4.75. The van der Waals surface area contributed by atoms with Crippen LogP contribution >= 0.6 is 0 Å². The zero-order valence-electron chi connectivity index (χ0n) is 13.2. The summed E-state index contributed by atoms with van der Waals surface area (Å²) in [5.41, 5.74) is 0. The fourth-order valence-corrected chi connectivity index (χ4v) is 4.04. The van der Waals surface area contributed by atoms with E-state index in [0.717, 1.165) is 12.0 Å². The van der Waals surface area contributed by atoms with E-state index in [0.29, 0.717) is 6.04 Å². The third-order valence-electron chi connectivity index (χ3n) is 5.20. The highest BCUT2D eigenvalue weighted by atomic mass is 15.2. The number of hydrogen-bond acceptors (Lipinski definition) is 2.